The summed E-state index contributed by atoms with van der Waals surface area (Å²) in [5, 5.41) is 12.1. The average Bonchev–Trinajstić information content (AvgIpc) is 2.80. The molecule has 1 aliphatic rings. The molecule has 1 heterocycles. The van der Waals surface area contributed by atoms with Crippen LogP contribution in [0.1, 0.15) is 52.0 Å². The predicted molar refractivity (Wildman–Crippen MR) is 128 cm³/mol. The van der Waals surface area contributed by atoms with E-state index >= 15 is 4.39 Å². The van der Waals surface area contributed by atoms with Gasteiger partial charge in [0.05, 0.1) is 22.3 Å². The first-order valence-corrected chi connectivity index (χ1v) is 11.5. The predicted octanol–water partition coefficient (Wildman–Crippen LogP) is 4.08. The Hall–Kier alpha value is -3.62. The minimum atomic E-state index is -1.12. The van der Waals surface area contributed by atoms with Crippen LogP contribution in [-0.2, 0) is 4.79 Å². The van der Waals surface area contributed by atoms with Crippen molar-refractivity contribution in [3.05, 3.63) is 63.1 Å². The van der Waals surface area contributed by atoms with Gasteiger partial charge in [-0.25, -0.2) is 18.5 Å². The van der Waals surface area contributed by atoms with Gasteiger partial charge in [0.1, 0.15) is 11.6 Å². The van der Waals surface area contributed by atoms with Gasteiger partial charge >= 0.3 is 11.7 Å². The van der Waals surface area contributed by atoms with E-state index in [0.717, 1.165) is 30.3 Å². The second-order valence-corrected chi connectivity index (χ2v) is 8.89. The van der Waals surface area contributed by atoms with Gasteiger partial charge in [-0.15, -0.1) is 0 Å². The number of carboxylic acid groups (broad SMARTS) is 1. The number of rotatable bonds is 7. The Kier molecular flexibility index (Phi) is 6.72. The third-order valence-electron chi connectivity index (χ3n) is 6.11. The monoisotopic (exact) mass is 469 g/mol. The van der Waals surface area contributed by atoms with Crippen molar-refractivity contribution in [1.82, 2.24) is 9.13 Å². The lowest BCUT2D eigenvalue weighted by molar-refractivity contribution is -0.139. The van der Waals surface area contributed by atoms with Crippen molar-refractivity contribution in [2.45, 2.75) is 58.0 Å². The van der Waals surface area contributed by atoms with Gasteiger partial charge in [0.15, 0.2) is 6.61 Å². The lowest BCUT2D eigenvalue weighted by Gasteiger charge is -2.25. The number of benzene rings is 2. The standard InChI is InChI=1S/C25H28FN3O5/c1-15(2)28-22-13-21(27-16-6-4-3-5-7-16)20(26)12-19(22)24(32)29(25(28)33)17-8-10-18(11-9-17)34-14-23(30)31/h8-13,15-16,27H,3-7,14H2,1-2H3,(H,30,31). The highest BCUT2D eigenvalue weighted by Gasteiger charge is 2.21. The Bertz CT molecular complexity index is 1320. The molecule has 1 fully saturated rings. The number of nitrogens with one attached hydrogen (secondary N) is 1. The summed E-state index contributed by atoms with van der Waals surface area (Å²) in [6.07, 6.45) is 5.28. The molecule has 0 saturated heterocycles. The van der Waals surface area contributed by atoms with Gasteiger partial charge in [-0.3, -0.25) is 9.36 Å². The SMILES string of the molecule is CC(C)n1c(=O)n(-c2ccc(OCC(=O)O)cc2)c(=O)c2cc(F)c(NC3CCCCC3)cc21. The molecule has 9 heteroatoms. The van der Waals surface area contributed by atoms with Gasteiger partial charge in [0.25, 0.3) is 5.56 Å². The van der Waals surface area contributed by atoms with E-state index in [1.54, 1.807) is 6.07 Å². The zero-order valence-electron chi connectivity index (χ0n) is 19.2. The van der Waals surface area contributed by atoms with E-state index in [1.165, 1.54) is 41.3 Å². The number of fused-ring (bicyclic) bond motifs is 1. The minimum Gasteiger partial charge on any atom is -0.482 e. The number of hydrogen-bond acceptors (Lipinski definition) is 5. The number of carboxylic acids is 1. The van der Waals surface area contributed by atoms with Crippen molar-refractivity contribution >= 4 is 22.6 Å². The quantitative estimate of drug-likeness (QED) is 0.541. The third kappa shape index (κ3) is 4.69. The molecule has 180 valence electrons. The fourth-order valence-corrected chi connectivity index (χ4v) is 4.49. The molecule has 0 bridgehead atoms. The highest BCUT2D eigenvalue weighted by molar-refractivity contribution is 5.83. The maximum atomic E-state index is 15.1. The van der Waals surface area contributed by atoms with Crippen molar-refractivity contribution in [3.63, 3.8) is 0 Å². The molecule has 3 aromatic rings. The summed E-state index contributed by atoms with van der Waals surface area (Å²) in [5.41, 5.74) is -0.215. The number of aliphatic carboxylic acids is 1. The number of aromatic nitrogens is 2. The molecular weight excluding hydrogens is 441 g/mol. The summed E-state index contributed by atoms with van der Waals surface area (Å²) in [5.74, 6) is -1.37. The van der Waals surface area contributed by atoms with E-state index in [4.69, 9.17) is 9.84 Å². The fraction of sp³-hybridized carbons (Fsp3) is 0.400. The van der Waals surface area contributed by atoms with E-state index in [1.807, 2.05) is 13.8 Å². The summed E-state index contributed by atoms with van der Waals surface area (Å²) < 4.78 is 22.7. The first-order chi connectivity index (χ1) is 16.3. The van der Waals surface area contributed by atoms with E-state index in [-0.39, 0.29) is 28.9 Å². The smallest absolute Gasteiger partial charge is 0.341 e. The normalized spacial score (nSPS) is 14.5. The first-order valence-electron chi connectivity index (χ1n) is 11.5. The molecule has 1 aromatic heterocycles. The van der Waals surface area contributed by atoms with Crippen molar-refractivity contribution < 1.29 is 19.0 Å². The second-order valence-electron chi connectivity index (χ2n) is 8.89. The zero-order chi connectivity index (χ0) is 24.4. The molecule has 0 spiro atoms. The molecule has 4 rings (SSSR count). The van der Waals surface area contributed by atoms with Crippen LogP contribution in [-0.4, -0.2) is 32.9 Å². The van der Waals surface area contributed by atoms with Gasteiger partial charge in [-0.05, 0) is 63.1 Å². The maximum absolute atomic E-state index is 15.1. The van der Waals surface area contributed by atoms with Crippen molar-refractivity contribution in [1.29, 1.82) is 0 Å². The topological polar surface area (TPSA) is 103 Å². The Morgan fingerprint density at radius 1 is 1.15 bits per heavy atom. The molecule has 2 N–H and O–H groups in total. The lowest BCUT2D eigenvalue weighted by Crippen LogP contribution is -2.39. The highest BCUT2D eigenvalue weighted by atomic mass is 19.1. The lowest BCUT2D eigenvalue weighted by atomic mass is 9.95. The molecule has 1 saturated carbocycles. The van der Waals surface area contributed by atoms with Crippen molar-refractivity contribution in [2.24, 2.45) is 0 Å². The van der Waals surface area contributed by atoms with Crippen LogP contribution < -0.4 is 21.3 Å². The number of ether oxygens (including phenoxy) is 1. The molecule has 34 heavy (non-hydrogen) atoms. The second kappa shape index (κ2) is 9.70. The van der Waals surface area contributed by atoms with E-state index < -0.39 is 29.6 Å². The number of carbonyl (C=O) groups is 1. The van der Waals surface area contributed by atoms with Crippen molar-refractivity contribution in [3.8, 4) is 11.4 Å². The summed E-state index contributed by atoms with van der Waals surface area (Å²) in [6, 6.07) is 8.59. The molecule has 8 nitrogen and oxygen atoms in total. The van der Waals surface area contributed by atoms with E-state index in [2.05, 4.69) is 5.32 Å². The Morgan fingerprint density at radius 2 is 1.82 bits per heavy atom. The number of anilines is 1. The fourth-order valence-electron chi connectivity index (χ4n) is 4.49. The zero-order valence-corrected chi connectivity index (χ0v) is 19.2. The van der Waals surface area contributed by atoms with Crippen LogP contribution in [0.4, 0.5) is 10.1 Å². The summed E-state index contributed by atoms with van der Waals surface area (Å²) >= 11 is 0. The van der Waals surface area contributed by atoms with E-state index in [9.17, 15) is 14.4 Å². The van der Waals surface area contributed by atoms with Gasteiger partial charge in [0.2, 0.25) is 0 Å². The van der Waals surface area contributed by atoms with Crippen LogP contribution in [0.3, 0.4) is 0 Å². The van der Waals surface area contributed by atoms with Gasteiger partial charge in [0, 0.05) is 12.1 Å². The first kappa shape index (κ1) is 23.5. The largest absolute Gasteiger partial charge is 0.482 e. The van der Waals surface area contributed by atoms with Crippen LogP contribution in [0.5, 0.6) is 5.75 Å². The highest BCUT2D eigenvalue weighted by Crippen LogP contribution is 2.27. The molecule has 0 radical (unpaired) electrons. The minimum absolute atomic E-state index is 0.103. The summed E-state index contributed by atoms with van der Waals surface area (Å²) in [4.78, 5) is 37.5. The Balaban J connectivity index is 1.81. The van der Waals surface area contributed by atoms with E-state index in [0.29, 0.717) is 11.2 Å². The molecule has 0 unspecified atom stereocenters. The Morgan fingerprint density at radius 3 is 2.44 bits per heavy atom. The number of halogens is 1. The van der Waals surface area contributed by atoms with Crippen LogP contribution in [0, 0.1) is 5.82 Å². The van der Waals surface area contributed by atoms with Crippen LogP contribution in [0.25, 0.3) is 16.6 Å². The van der Waals surface area contributed by atoms with Gasteiger partial charge in [-0.2, -0.15) is 0 Å². The summed E-state index contributed by atoms with van der Waals surface area (Å²) in [6.45, 7) is 3.15. The van der Waals surface area contributed by atoms with Crippen LogP contribution in [0.15, 0.2) is 46.0 Å². The van der Waals surface area contributed by atoms with Crippen LogP contribution >= 0.6 is 0 Å². The molecule has 0 atom stereocenters. The number of hydrogen-bond donors (Lipinski definition) is 2. The van der Waals surface area contributed by atoms with Gasteiger partial charge in [-0.1, -0.05) is 19.3 Å². The van der Waals surface area contributed by atoms with Gasteiger partial charge < -0.3 is 15.2 Å². The average molecular weight is 470 g/mol. The van der Waals surface area contributed by atoms with Crippen LogP contribution in [0.2, 0.25) is 0 Å². The molecule has 0 amide bonds. The Labute approximate surface area is 195 Å². The molecule has 0 aliphatic heterocycles. The molecular formula is C25H28FN3O5. The number of nitrogens with zero attached hydrogens (tertiary/aromatic N) is 2. The molecule has 2 aromatic carbocycles. The van der Waals surface area contributed by atoms with Crippen molar-refractivity contribution in [2.75, 3.05) is 11.9 Å². The maximum Gasteiger partial charge on any atom is 0.341 e. The summed E-state index contributed by atoms with van der Waals surface area (Å²) in [7, 11) is 0. The molecule has 1 aliphatic carbocycles. The third-order valence-corrected chi connectivity index (χ3v) is 6.11.